The molecule has 0 bridgehead atoms. The van der Waals surface area contributed by atoms with Crippen molar-refractivity contribution in [1.82, 2.24) is 14.7 Å². The summed E-state index contributed by atoms with van der Waals surface area (Å²) in [6.45, 7) is 5.60. The van der Waals surface area contributed by atoms with E-state index in [1.807, 2.05) is 43.8 Å². The van der Waals surface area contributed by atoms with Crippen LogP contribution in [0.1, 0.15) is 33.6 Å². The van der Waals surface area contributed by atoms with E-state index in [2.05, 4.69) is 10.4 Å². The molecule has 0 radical (unpaired) electrons. The summed E-state index contributed by atoms with van der Waals surface area (Å²) in [6, 6.07) is 10.1. The number of hydrogen-bond donors (Lipinski definition) is 1. The number of urea groups is 1. The highest BCUT2D eigenvalue weighted by atomic mass is 35.5. The van der Waals surface area contributed by atoms with Crippen LogP contribution in [-0.4, -0.2) is 27.3 Å². The molecular formula is C24H26ClFN4O2. The Hall–Kier alpha value is -2.90. The molecule has 8 heteroatoms. The minimum Gasteiger partial charge on any atom is -0.370 e. The number of fused-ring (bicyclic) bond motifs is 1. The standard InChI is InChI=1S/C24H26ClFN4O2/c1-15-4-5-16(2)21(10-15)27-24(31)30-9-8-23-19(12-30)22(28-29(23)3)14-32-13-17-6-7-18(26)11-20(17)25/h4-7,10-11H,8-9,12-14H2,1-3H3,(H,27,31). The lowest BCUT2D eigenvalue weighted by molar-refractivity contribution is 0.103. The molecule has 2 amide bonds. The lowest BCUT2D eigenvalue weighted by Gasteiger charge is -2.28. The summed E-state index contributed by atoms with van der Waals surface area (Å²) in [5.74, 6) is -0.378. The first kappa shape index (κ1) is 22.3. The summed E-state index contributed by atoms with van der Waals surface area (Å²) < 4.78 is 20.9. The molecule has 2 heterocycles. The number of carbonyl (C=O) groups excluding carboxylic acids is 1. The molecule has 3 aromatic rings. The number of aromatic nitrogens is 2. The molecule has 0 aliphatic carbocycles. The number of benzene rings is 2. The van der Waals surface area contributed by atoms with Crippen molar-refractivity contribution in [2.75, 3.05) is 11.9 Å². The Morgan fingerprint density at radius 3 is 2.81 bits per heavy atom. The van der Waals surface area contributed by atoms with Gasteiger partial charge in [-0.3, -0.25) is 4.68 Å². The maximum Gasteiger partial charge on any atom is 0.322 e. The van der Waals surface area contributed by atoms with Crippen molar-refractivity contribution < 1.29 is 13.9 Å². The molecular weight excluding hydrogens is 431 g/mol. The number of rotatable bonds is 5. The average molecular weight is 457 g/mol. The summed E-state index contributed by atoms with van der Waals surface area (Å²) in [5.41, 5.74) is 6.58. The zero-order chi connectivity index (χ0) is 22.8. The smallest absolute Gasteiger partial charge is 0.322 e. The molecule has 4 rings (SSSR count). The average Bonchev–Trinajstić information content (AvgIpc) is 3.07. The Balaban J connectivity index is 1.43. The zero-order valence-corrected chi connectivity index (χ0v) is 19.2. The molecule has 1 aliphatic heterocycles. The van der Waals surface area contributed by atoms with Gasteiger partial charge >= 0.3 is 6.03 Å². The van der Waals surface area contributed by atoms with Crippen molar-refractivity contribution in [3.8, 4) is 0 Å². The molecule has 2 aromatic carbocycles. The van der Waals surface area contributed by atoms with Crippen molar-refractivity contribution >= 4 is 23.3 Å². The Bertz CT molecular complexity index is 1160. The topological polar surface area (TPSA) is 59.4 Å². The van der Waals surface area contributed by atoms with Gasteiger partial charge in [0.05, 0.1) is 25.5 Å². The van der Waals surface area contributed by atoms with Gasteiger partial charge in [-0.2, -0.15) is 5.10 Å². The van der Waals surface area contributed by atoms with Gasteiger partial charge in [-0.25, -0.2) is 9.18 Å². The molecule has 1 aromatic heterocycles. The van der Waals surface area contributed by atoms with Crippen LogP contribution >= 0.6 is 11.6 Å². The predicted octanol–water partition coefficient (Wildman–Crippen LogP) is 5.14. The maximum atomic E-state index is 13.2. The Morgan fingerprint density at radius 2 is 2.03 bits per heavy atom. The maximum absolute atomic E-state index is 13.2. The number of halogens is 2. The number of carbonyl (C=O) groups is 1. The number of ether oxygens (including phenoxy) is 1. The van der Waals surface area contributed by atoms with Gasteiger partial charge < -0.3 is 15.0 Å². The van der Waals surface area contributed by atoms with Gasteiger partial charge in [0.2, 0.25) is 0 Å². The first-order valence-corrected chi connectivity index (χ1v) is 10.9. The first-order chi connectivity index (χ1) is 15.3. The minimum absolute atomic E-state index is 0.127. The Kier molecular flexibility index (Phi) is 6.48. The number of amides is 2. The molecule has 0 fully saturated rings. The summed E-state index contributed by atoms with van der Waals surface area (Å²) in [7, 11) is 1.91. The van der Waals surface area contributed by atoms with Gasteiger partial charge in [0.1, 0.15) is 5.82 Å². The second kappa shape index (κ2) is 9.30. The number of nitrogens with zero attached hydrogens (tertiary/aromatic N) is 3. The van der Waals surface area contributed by atoms with E-state index in [1.54, 1.807) is 11.0 Å². The van der Waals surface area contributed by atoms with Gasteiger partial charge in [-0.1, -0.05) is 29.8 Å². The molecule has 0 saturated heterocycles. The number of aryl methyl sites for hydroxylation is 3. The second-order valence-electron chi connectivity index (χ2n) is 8.14. The summed E-state index contributed by atoms with van der Waals surface area (Å²) in [6.07, 6.45) is 0.725. The van der Waals surface area contributed by atoms with Crippen LogP contribution in [0.3, 0.4) is 0 Å². The van der Waals surface area contributed by atoms with Gasteiger partial charge in [0.15, 0.2) is 0 Å². The second-order valence-corrected chi connectivity index (χ2v) is 8.55. The van der Waals surface area contributed by atoms with Gasteiger partial charge in [-0.15, -0.1) is 0 Å². The van der Waals surface area contributed by atoms with Crippen LogP contribution in [0.25, 0.3) is 0 Å². The van der Waals surface area contributed by atoms with Gasteiger partial charge in [-0.05, 0) is 48.7 Å². The Labute approximate surface area is 191 Å². The van der Waals surface area contributed by atoms with Crippen molar-refractivity contribution in [3.63, 3.8) is 0 Å². The van der Waals surface area contributed by atoms with E-state index < -0.39 is 0 Å². The molecule has 32 heavy (non-hydrogen) atoms. The van der Waals surface area contributed by atoms with E-state index in [9.17, 15) is 9.18 Å². The van der Waals surface area contributed by atoms with Crippen molar-refractivity contribution in [1.29, 1.82) is 0 Å². The van der Waals surface area contributed by atoms with E-state index in [0.29, 0.717) is 23.7 Å². The van der Waals surface area contributed by atoms with E-state index >= 15 is 0 Å². The van der Waals surface area contributed by atoms with Gasteiger partial charge in [0, 0.05) is 42.0 Å². The first-order valence-electron chi connectivity index (χ1n) is 10.5. The summed E-state index contributed by atoms with van der Waals surface area (Å²) in [5, 5.41) is 7.98. The lowest BCUT2D eigenvalue weighted by Crippen LogP contribution is -2.39. The van der Waals surface area contributed by atoms with Crippen LogP contribution in [0, 0.1) is 19.7 Å². The van der Waals surface area contributed by atoms with Crippen LogP contribution in [0.2, 0.25) is 5.02 Å². The molecule has 6 nitrogen and oxygen atoms in total. The fourth-order valence-corrected chi connectivity index (χ4v) is 4.14. The molecule has 0 unspecified atom stereocenters. The zero-order valence-electron chi connectivity index (χ0n) is 18.4. The van der Waals surface area contributed by atoms with Crippen LogP contribution in [0.4, 0.5) is 14.9 Å². The molecule has 0 spiro atoms. The van der Waals surface area contributed by atoms with Crippen molar-refractivity contribution in [2.24, 2.45) is 7.05 Å². The molecule has 1 aliphatic rings. The fourth-order valence-electron chi connectivity index (χ4n) is 3.92. The highest BCUT2D eigenvalue weighted by Gasteiger charge is 2.27. The lowest BCUT2D eigenvalue weighted by atomic mass is 10.1. The Morgan fingerprint density at radius 1 is 1.22 bits per heavy atom. The van der Waals surface area contributed by atoms with E-state index in [4.69, 9.17) is 16.3 Å². The van der Waals surface area contributed by atoms with Crippen molar-refractivity contribution in [2.45, 2.75) is 40.0 Å². The van der Waals surface area contributed by atoms with Crippen LogP contribution in [0.5, 0.6) is 0 Å². The monoisotopic (exact) mass is 456 g/mol. The van der Waals surface area contributed by atoms with E-state index in [0.717, 1.165) is 40.2 Å². The molecule has 1 N–H and O–H groups in total. The SMILES string of the molecule is Cc1ccc(C)c(NC(=O)N2CCc3c(c(COCc4ccc(F)cc4Cl)nn3C)C2)c1. The van der Waals surface area contributed by atoms with Crippen LogP contribution in [-0.2, 0) is 38.0 Å². The normalized spacial score (nSPS) is 13.2. The third-order valence-electron chi connectivity index (χ3n) is 5.76. The number of nitrogens with one attached hydrogen (secondary N) is 1. The van der Waals surface area contributed by atoms with E-state index in [-0.39, 0.29) is 25.1 Å². The largest absolute Gasteiger partial charge is 0.370 e. The predicted molar refractivity (Wildman–Crippen MR) is 122 cm³/mol. The van der Waals surface area contributed by atoms with Crippen molar-refractivity contribution in [3.05, 3.63) is 80.9 Å². The quantitative estimate of drug-likeness (QED) is 0.578. The van der Waals surface area contributed by atoms with Gasteiger partial charge in [0.25, 0.3) is 0 Å². The third-order valence-corrected chi connectivity index (χ3v) is 6.11. The summed E-state index contributed by atoms with van der Waals surface area (Å²) in [4.78, 5) is 14.7. The molecule has 168 valence electrons. The number of anilines is 1. The molecule has 0 atom stereocenters. The fraction of sp³-hybridized carbons (Fsp3) is 0.333. The highest BCUT2D eigenvalue weighted by Crippen LogP contribution is 2.25. The number of hydrogen-bond acceptors (Lipinski definition) is 3. The van der Waals surface area contributed by atoms with Crippen LogP contribution in [0.15, 0.2) is 36.4 Å². The van der Waals surface area contributed by atoms with E-state index in [1.165, 1.54) is 12.1 Å². The van der Waals surface area contributed by atoms with Crippen LogP contribution < -0.4 is 5.32 Å². The minimum atomic E-state index is -0.378. The third kappa shape index (κ3) is 4.79. The molecule has 0 saturated carbocycles. The summed E-state index contributed by atoms with van der Waals surface area (Å²) >= 11 is 6.08. The highest BCUT2D eigenvalue weighted by molar-refractivity contribution is 6.31.